The quantitative estimate of drug-likeness (QED) is 0.347. The molecule has 1 amide bonds. The smallest absolute Gasteiger partial charge is 0.257 e. The van der Waals surface area contributed by atoms with Crippen LogP contribution in [0.1, 0.15) is 52.4 Å². The van der Waals surface area contributed by atoms with Crippen LogP contribution in [0.4, 0.5) is 5.69 Å². The molecule has 7 heteroatoms. The summed E-state index contributed by atoms with van der Waals surface area (Å²) in [5.41, 5.74) is 8.15. The minimum atomic E-state index is -0.239. The largest absolute Gasteiger partial charge is 0.332 e. The molecule has 0 bridgehead atoms. The van der Waals surface area contributed by atoms with E-state index in [0.29, 0.717) is 5.56 Å². The number of aryl methyl sites for hydroxylation is 4. The number of carbonyl (C=O) groups is 1. The summed E-state index contributed by atoms with van der Waals surface area (Å²) in [6.07, 6.45) is 3.45. The van der Waals surface area contributed by atoms with Gasteiger partial charge in [0.2, 0.25) is 0 Å². The van der Waals surface area contributed by atoms with E-state index in [1.807, 2.05) is 63.2 Å². The molecular weight excluding hydrogens is 442 g/mol. The van der Waals surface area contributed by atoms with Crippen molar-refractivity contribution in [1.29, 1.82) is 0 Å². The number of carbonyl (C=O) groups excluding carboxylic acids is 1. The monoisotopic (exact) mass is 471 g/mol. The van der Waals surface area contributed by atoms with Gasteiger partial charge in [-0.3, -0.25) is 10.1 Å². The molecule has 0 aliphatic rings. The molecule has 0 radical (unpaired) electrons. The average Bonchev–Trinajstić information content (AvgIpc) is 3.20. The van der Waals surface area contributed by atoms with Gasteiger partial charge in [-0.15, -0.1) is 10.2 Å². The lowest BCUT2D eigenvalue weighted by molar-refractivity contribution is 0.0977. The Morgan fingerprint density at radius 1 is 0.941 bits per heavy atom. The van der Waals surface area contributed by atoms with Gasteiger partial charge in [-0.1, -0.05) is 42.7 Å². The average molecular weight is 472 g/mol. The lowest BCUT2D eigenvalue weighted by Crippen LogP contribution is -2.34. The Kier molecular flexibility index (Phi) is 7.03. The van der Waals surface area contributed by atoms with Crippen molar-refractivity contribution in [2.45, 2.75) is 47.0 Å². The Labute approximate surface area is 205 Å². The van der Waals surface area contributed by atoms with Gasteiger partial charge in [0.1, 0.15) is 11.0 Å². The maximum absolute atomic E-state index is 12.6. The van der Waals surface area contributed by atoms with Crippen molar-refractivity contribution in [2.24, 2.45) is 0 Å². The molecule has 2 N–H and O–H groups in total. The molecule has 1 aromatic heterocycles. The van der Waals surface area contributed by atoms with Crippen molar-refractivity contribution in [3.05, 3.63) is 82.4 Å². The molecule has 0 saturated heterocycles. The number of amides is 1. The highest BCUT2D eigenvalue weighted by Gasteiger charge is 2.12. The predicted octanol–water partition coefficient (Wildman–Crippen LogP) is 5.82. The van der Waals surface area contributed by atoms with Gasteiger partial charge in [0.05, 0.1) is 5.69 Å². The summed E-state index contributed by atoms with van der Waals surface area (Å²) in [6, 6.07) is 17.9. The van der Waals surface area contributed by atoms with Crippen LogP contribution < -0.4 is 10.6 Å². The summed E-state index contributed by atoms with van der Waals surface area (Å²) in [5.74, 6) is -0.239. The van der Waals surface area contributed by atoms with Gasteiger partial charge in [-0.25, -0.2) is 0 Å². The van der Waals surface area contributed by atoms with Gasteiger partial charge >= 0.3 is 0 Å². The van der Waals surface area contributed by atoms with Crippen LogP contribution in [-0.2, 0) is 6.42 Å². The molecule has 4 aromatic rings. The summed E-state index contributed by atoms with van der Waals surface area (Å²) >= 11 is 5.40. The third-order valence-electron chi connectivity index (χ3n) is 5.67. The molecule has 0 fully saturated rings. The number of hydrogen-bond donors (Lipinski definition) is 2. The highest BCUT2D eigenvalue weighted by molar-refractivity contribution is 7.80. The maximum Gasteiger partial charge on any atom is 0.257 e. The molecule has 0 aliphatic carbocycles. The fourth-order valence-corrected chi connectivity index (χ4v) is 4.13. The second-order valence-corrected chi connectivity index (χ2v) is 9.11. The van der Waals surface area contributed by atoms with Crippen LogP contribution in [0.3, 0.4) is 0 Å². The number of nitrogens with zero attached hydrogens (tertiary/aromatic N) is 3. The van der Waals surface area contributed by atoms with E-state index in [-0.39, 0.29) is 11.0 Å². The number of fused-ring (bicyclic) bond motifs is 1. The van der Waals surface area contributed by atoms with Gasteiger partial charge in [0.25, 0.3) is 5.91 Å². The van der Waals surface area contributed by atoms with E-state index in [1.165, 1.54) is 18.4 Å². The highest BCUT2D eigenvalue weighted by Crippen LogP contribution is 2.22. The van der Waals surface area contributed by atoms with Crippen molar-refractivity contribution < 1.29 is 4.79 Å². The molecule has 34 heavy (non-hydrogen) atoms. The van der Waals surface area contributed by atoms with Crippen LogP contribution >= 0.6 is 12.2 Å². The second-order valence-electron chi connectivity index (χ2n) is 8.70. The van der Waals surface area contributed by atoms with Gasteiger partial charge < -0.3 is 5.32 Å². The first kappa shape index (κ1) is 23.6. The lowest BCUT2D eigenvalue weighted by Gasteiger charge is -2.12. The van der Waals surface area contributed by atoms with Gasteiger partial charge in [-0.05, 0) is 93.4 Å². The number of unbranched alkanes of at least 4 members (excludes halogenated alkanes) is 1. The molecule has 0 unspecified atom stereocenters. The zero-order valence-corrected chi connectivity index (χ0v) is 20.8. The molecule has 0 aliphatic heterocycles. The molecule has 0 atom stereocenters. The van der Waals surface area contributed by atoms with E-state index >= 15 is 0 Å². The van der Waals surface area contributed by atoms with Crippen LogP contribution in [-0.4, -0.2) is 26.0 Å². The summed E-state index contributed by atoms with van der Waals surface area (Å²) in [5, 5.41) is 15.4. The molecule has 1 heterocycles. The standard InChI is InChI=1S/C27H29N5OS/c1-5-6-7-20-8-10-22(11-9-20)32-30-24-15-19(4)23(16-25(24)31-32)28-27(34)29-26(33)21-13-17(2)12-18(3)14-21/h8-16H,5-7H2,1-4H3,(H2,28,29,33,34). The van der Waals surface area contributed by atoms with Gasteiger partial charge in [0, 0.05) is 11.3 Å². The number of nitrogens with one attached hydrogen (secondary N) is 2. The zero-order valence-electron chi connectivity index (χ0n) is 20.0. The minimum Gasteiger partial charge on any atom is -0.332 e. The third kappa shape index (κ3) is 5.48. The number of thiocarbonyl (C=S) groups is 1. The van der Waals surface area contributed by atoms with Crippen LogP contribution in [0.15, 0.2) is 54.6 Å². The van der Waals surface area contributed by atoms with E-state index < -0.39 is 0 Å². The first-order valence-corrected chi connectivity index (χ1v) is 11.9. The number of benzene rings is 3. The third-order valence-corrected chi connectivity index (χ3v) is 5.88. The maximum atomic E-state index is 12.6. The van der Waals surface area contributed by atoms with Crippen LogP contribution in [0.5, 0.6) is 0 Å². The van der Waals surface area contributed by atoms with Crippen molar-refractivity contribution in [2.75, 3.05) is 5.32 Å². The number of anilines is 1. The minimum absolute atomic E-state index is 0.238. The van der Waals surface area contributed by atoms with Crippen LogP contribution in [0, 0.1) is 20.8 Å². The Morgan fingerprint density at radius 2 is 1.59 bits per heavy atom. The SMILES string of the molecule is CCCCc1ccc(-n2nc3cc(C)c(NC(=S)NC(=O)c4cc(C)cc(C)c4)cc3n2)cc1. The molecule has 3 aromatic carbocycles. The van der Waals surface area contributed by atoms with E-state index in [4.69, 9.17) is 12.2 Å². The molecule has 4 rings (SSSR count). The Bertz CT molecular complexity index is 1340. The zero-order chi connectivity index (χ0) is 24.2. The summed E-state index contributed by atoms with van der Waals surface area (Å²) < 4.78 is 0. The number of hydrogen-bond acceptors (Lipinski definition) is 4. The van der Waals surface area contributed by atoms with Crippen LogP contribution in [0.2, 0.25) is 0 Å². The highest BCUT2D eigenvalue weighted by atomic mass is 32.1. The second kappa shape index (κ2) is 10.1. The summed E-state index contributed by atoms with van der Waals surface area (Å²) in [4.78, 5) is 14.3. The molecular formula is C27H29N5OS. The van der Waals surface area contributed by atoms with E-state index in [9.17, 15) is 4.79 Å². The Hall–Kier alpha value is -3.58. The van der Waals surface area contributed by atoms with Gasteiger partial charge in [0.15, 0.2) is 5.11 Å². The number of rotatable bonds is 6. The Balaban J connectivity index is 1.49. The normalized spacial score (nSPS) is 10.9. The van der Waals surface area contributed by atoms with E-state index in [2.05, 4.69) is 39.9 Å². The molecule has 6 nitrogen and oxygen atoms in total. The van der Waals surface area contributed by atoms with Crippen molar-refractivity contribution in [3.63, 3.8) is 0 Å². The molecule has 0 saturated carbocycles. The fourth-order valence-electron chi connectivity index (χ4n) is 3.93. The Morgan fingerprint density at radius 3 is 2.24 bits per heavy atom. The molecule has 174 valence electrons. The van der Waals surface area contributed by atoms with Crippen molar-refractivity contribution in [3.8, 4) is 5.69 Å². The fraction of sp³-hybridized carbons (Fsp3) is 0.259. The first-order chi connectivity index (χ1) is 16.3. The van der Waals surface area contributed by atoms with E-state index in [1.54, 1.807) is 4.80 Å². The topological polar surface area (TPSA) is 71.8 Å². The lowest BCUT2D eigenvalue weighted by atomic mass is 10.1. The predicted molar refractivity (Wildman–Crippen MR) is 142 cm³/mol. The summed E-state index contributed by atoms with van der Waals surface area (Å²) in [7, 11) is 0. The first-order valence-electron chi connectivity index (χ1n) is 11.5. The number of aromatic nitrogens is 3. The molecule has 0 spiro atoms. The summed E-state index contributed by atoms with van der Waals surface area (Å²) in [6.45, 7) is 8.10. The van der Waals surface area contributed by atoms with E-state index in [0.717, 1.165) is 45.5 Å². The van der Waals surface area contributed by atoms with Crippen molar-refractivity contribution in [1.82, 2.24) is 20.3 Å². The van der Waals surface area contributed by atoms with Gasteiger partial charge in [-0.2, -0.15) is 4.80 Å². The van der Waals surface area contributed by atoms with Crippen molar-refractivity contribution >= 4 is 40.0 Å². The van der Waals surface area contributed by atoms with Crippen LogP contribution in [0.25, 0.3) is 16.7 Å².